The van der Waals surface area contributed by atoms with E-state index in [9.17, 15) is 18.4 Å². The first-order chi connectivity index (χ1) is 10.7. The third kappa shape index (κ3) is 5.91. The van der Waals surface area contributed by atoms with Gasteiger partial charge in [0.1, 0.15) is 0 Å². The number of nitrogens with zero attached hydrogens (tertiary/aromatic N) is 1. The normalized spacial score (nSPS) is 16.7. The molecule has 0 radical (unpaired) electrons. The van der Waals surface area contributed by atoms with Gasteiger partial charge in [0.05, 0.1) is 11.5 Å². The van der Waals surface area contributed by atoms with Gasteiger partial charge in [-0.25, -0.2) is 4.79 Å². The molecule has 0 aliphatic carbocycles. The highest BCUT2D eigenvalue weighted by atomic mass is 19.4. The molecule has 1 aromatic carbocycles. The first-order valence-electron chi connectivity index (χ1n) is 7.17. The van der Waals surface area contributed by atoms with Crippen LogP contribution in [0.2, 0.25) is 0 Å². The van der Waals surface area contributed by atoms with Crippen molar-refractivity contribution in [2.75, 3.05) is 13.1 Å². The molecule has 0 amide bonds. The number of aryl methyl sites for hydroxylation is 1. The van der Waals surface area contributed by atoms with Crippen LogP contribution in [0.5, 0.6) is 0 Å². The van der Waals surface area contributed by atoms with Gasteiger partial charge in [-0.15, -0.1) is 0 Å². The van der Waals surface area contributed by atoms with Gasteiger partial charge in [0, 0.05) is 0 Å². The van der Waals surface area contributed by atoms with Crippen molar-refractivity contribution >= 4 is 5.97 Å². The number of benzene rings is 1. The molecule has 0 aromatic heterocycles. The number of nitriles is 1. The molecule has 0 atom stereocenters. The predicted molar refractivity (Wildman–Crippen MR) is 78.7 cm³/mol. The average Bonchev–Trinajstić information content (AvgIpc) is 2.50. The summed E-state index contributed by atoms with van der Waals surface area (Å²) < 4.78 is 31.7. The molecule has 4 nitrogen and oxygen atoms in total. The monoisotopic (exact) mass is 328 g/mol. The van der Waals surface area contributed by atoms with Crippen molar-refractivity contribution in [1.82, 2.24) is 5.32 Å². The molecule has 1 aromatic rings. The number of rotatable bonds is 2. The second-order valence-corrected chi connectivity index (χ2v) is 5.55. The largest absolute Gasteiger partial charge is 0.490 e. The molecule has 23 heavy (non-hydrogen) atoms. The van der Waals surface area contributed by atoms with Crippen molar-refractivity contribution in [2.24, 2.45) is 5.41 Å². The molecule has 7 heteroatoms. The van der Waals surface area contributed by atoms with Crippen LogP contribution in [0.3, 0.4) is 0 Å². The Morgan fingerprint density at radius 3 is 2.30 bits per heavy atom. The summed E-state index contributed by atoms with van der Waals surface area (Å²) in [7, 11) is 0. The zero-order valence-electron chi connectivity index (χ0n) is 12.8. The van der Waals surface area contributed by atoms with Crippen LogP contribution in [0.25, 0.3) is 0 Å². The smallest absolute Gasteiger partial charge is 0.475 e. The summed E-state index contributed by atoms with van der Waals surface area (Å²) in [5.74, 6) is -2.76. The van der Waals surface area contributed by atoms with E-state index >= 15 is 0 Å². The summed E-state index contributed by atoms with van der Waals surface area (Å²) in [6, 6.07) is 10.9. The maximum atomic E-state index is 10.6. The number of aliphatic carboxylic acids is 1. The van der Waals surface area contributed by atoms with E-state index < -0.39 is 12.1 Å². The lowest BCUT2D eigenvalue weighted by atomic mass is 9.75. The molecule has 1 fully saturated rings. The topological polar surface area (TPSA) is 73.1 Å². The zero-order chi connectivity index (χ0) is 17.5. The standard InChI is InChI=1S/C14H18N2.C2HF3O2/c1-12-4-2-3-5-13(12)10-14(11-15)6-8-16-9-7-14;3-2(4,5)1(6)7/h2-5,16H,6-10H2,1H3;(H,6,7). The summed E-state index contributed by atoms with van der Waals surface area (Å²) in [6.07, 6.45) is -2.24. The summed E-state index contributed by atoms with van der Waals surface area (Å²) in [6.45, 7) is 4.07. The van der Waals surface area contributed by atoms with Gasteiger partial charge >= 0.3 is 12.1 Å². The molecule has 1 heterocycles. The number of piperidine rings is 1. The van der Waals surface area contributed by atoms with Gasteiger partial charge in [0.2, 0.25) is 0 Å². The van der Waals surface area contributed by atoms with E-state index in [0.717, 1.165) is 32.4 Å². The minimum atomic E-state index is -5.08. The van der Waals surface area contributed by atoms with Crippen molar-refractivity contribution in [3.8, 4) is 6.07 Å². The van der Waals surface area contributed by atoms with Crippen molar-refractivity contribution < 1.29 is 23.1 Å². The Morgan fingerprint density at radius 2 is 1.87 bits per heavy atom. The molecule has 126 valence electrons. The van der Waals surface area contributed by atoms with Crippen LogP contribution in [0.4, 0.5) is 13.2 Å². The molecule has 0 spiro atoms. The zero-order valence-corrected chi connectivity index (χ0v) is 12.8. The third-order valence-electron chi connectivity index (χ3n) is 3.83. The fourth-order valence-corrected chi connectivity index (χ4v) is 2.41. The summed E-state index contributed by atoms with van der Waals surface area (Å²) in [4.78, 5) is 8.90. The second-order valence-electron chi connectivity index (χ2n) is 5.55. The molecule has 1 aliphatic heterocycles. The number of hydrogen-bond donors (Lipinski definition) is 2. The minimum absolute atomic E-state index is 0.142. The van der Waals surface area contributed by atoms with Crippen LogP contribution in [-0.2, 0) is 11.2 Å². The SMILES string of the molecule is Cc1ccccc1CC1(C#N)CCNCC1.O=C(O)C(F)(F)F. The minimum Gasteiger partial charge on any atom is -0.475 e. The average molecular weight is 328 g/mol. The van der Waals surface area contributed by atoms with Crippen LogP contribution in [0, 0.1) is 23.7 Å². The Labute approximate surface area is 132 Å². The van der Waals surface area contributed by atoms with Crippen molar-refractivity contribution in [2.45, 2.75) is 32.4 Å². The van der Waals surface area contributed by atoms with Gasteiger partial charge in [0.25, 0.3) is 0 Å². The first-order valence-corrected chi connectivity index (χ1v) is 7.17. The van der Waals surface area contributed by atoms with E-state index in [1.807, 2.05) is 0 Å². The highest BCUT2D eigenvalue weighted by Crippen LogP contribution is 2.32. The van der Waals surface area contributed by atoms with Crippen molar-refractivity contribution in [3.63, 3.8) is 0 Å². The van der Waals surface area contributed by atoms with Crippen LogP contribution in [-0.4, -0.2) is 30.3 Å². The lowest BCUT2D eigenvalue weighted by Gasteiger charge is -2.31. The number of alkyl halides is 3. The molecule has 1 aliphatic rings. The molecule has 0 unspecified atom stereocenters. The second kappa shape index (κ2) is 7.97. The Bertz CT molecular complexity index is 573. The van der Waals surface area contributed by atoms with E-state index in [1.165, 1.54) is 11.1 Å². The van der Waals surface area contributed by atoms with E-state index in [4.69, 9.17) is 9.90 Å². The quantitative estimate of drug-likeness (QED) is 0.875. The van der Waals surface area contributed by atoms with Crippen LogP contribution in [0.1, 0.15) is 24.0 Å². The summed E-state index contributed by atoms with van der Waals surface area (Å²) in [5, 5.41) is 19.9. The molecule has 1 saturated heterocycles. The number of carboxylic acid groups (broad SMARTS) is 1. The Hall–Kier alpha value is -2.07. The van der Waals surface area contributed by atoms with Gasteiger partial charge in [-0.3, -0.25) is 0 Å². The number of nitrogens with one attached hydrogen (secondary N) is 1. The Balaban J connectivity index is 0.000000322. The summed E-state index contributed by atoms with van der Waals surface area (Å²) >= 11 is 0. The number of carbonyl (C=O) groups is 1. The van der Waals surface area contributed by atoms with Gasteiger partial charge < -0.3 is 10.4 Å². The van der Waals surface area contributed by atoms with E-state index in [-0.39, 0.29) is 5.41 Å². The van der Waals surface area contributed by atoms with Gasteiger partial charge in [-0.2, -0.15) is 18.4 Å². The van der Waals surface area contributed by atoms with Crippen molar-refractivity contribution in [1.29, 1.82) is 5.26 Å². The molecule has 2 N–H and O–H groups in total. The molecule has 0 saturated carbocycles. The van der Waals surface area contributed by atoms with Crippen molar-refractivity contribution in [3.05, 3.63) is 35.4 Å². The van der Waals surface area contributed by atoms with E-state index in [2.05, 4.69) is 42.6 Å². The maximum absolute atomic E-state index is 10.6. The lowest BCUT2D eigenvalue weighted by molar-refractivity contribution is -0.192. The number of hydrogen-bond acceptors (Lipinski definition) is 3. The third-order valence-corrected chi connectivity index (χ3v) is 3.83. The van der Waals surface area contributed by atoms with E-state index in [0.29, 0.717) is 0 Å². The highest BCUT2D eigenvalue weighted by molar-refractivity contribution is 5.73. The Morgan fingerprint density at radius 1 is 1.35 bits per heavy atom. The maximum Gasteiger partial charge on any atom is 0.490 e. The van der Waals surface area contributed by atoms with E-state index in [1.54, 1.807) is 0 Å². The van der Waals surface area contributed by atoms with Crippen LogP contribution in [0.15, 0.2) is 24.3 Å². The molecule has 0 bridgehead atoms. The first kappa shape index (κ1) is 19.0. The van der Waals surface area contributed by atoms with Gasteiger partial charge in [-0.1, -0.05) is 24.3 Å². The molecular weight excluding hydrogens is 309 g/mol. The predicted octanol–water partition coefficient (Wildman–Crippen LogP) is 3.06. The Kier molecular flexibility index (Phi) is 6.58. The number of carboxylic acids is 1. The van der Waals surface area contributed by atoms with Gasteiger partial charge in [-0.05, 0) is 50.4 Å². The fourth-order valence-electron chi connectivity index (χ4n) is 2.41. The summed E-state index contributed by atoms with van der Waals surface area (Å²) in [5.41, 5.74) is 2.48. The lowest BCUT2D eigenvalue weighted by Crippen LogP contribution is -2.37. The fraction of sp³-hybridized carbons (Fsp3) is 0.500. The van der Waals surface area contributed by atoms with Gasteiger partial charge in [0.15, 0.2) is 0 Å². The molecular formula is C16H19F3N2O2. The van der Waals surface area contributed by atoms with Crippen LogP contribution < -0.4 is 5.32 Å². The molecule has 2 rings (SSSR count). The van der Waals surface area contributed by atoms with Crippen LogP contribution >= 0.6 is 0 Å². The number of halogens is 3. The highest BCUT2D eigenvalue weighted by Gasteiger charge is 2.38.